The van der Waals surface area contributed by atoms with Crippen LogP contribution in [-0.2, 0) is 0 Å². The highest BCUT2D eigenvalue weighted by Crippen LogP contribution is 2.32. The van der Waals surface area contributed by atoms with Crippen LogP contribution in [0, 0.1) is 23.2 Å². The van der Waals surface area contributed by atoms with Crippen molar-refractivity contribution in [2.45, 2.75) is 38.5 Å². The molecule has 18 heavy (non-hydrogen) atoms. The molecule has 0 aliphatic heterocycles. The topological polar surface area (TPSA) is 40.9 Å². The van der Waals surface area contributed by atoms with Gasteiger partial charge < -0.3 is 0 Å². The van der Waals surface area contributed by atoms with Crippen molar-refractivity contribution in [3.8, 4) is 6.07 Å². The van der Waals surface area contributed by atoms with Crippen LogP contribution in [0.2, 0.25) is 0 Å². The SMILES string of the molecule is N#C[C@H](CC(=O)c1ccccc1)C1CCCCC1. The molecule has 0 aromatic heterocycles. The summed E-state index contributed by atoms with van der Waals surface area (Å²) in [5.41, 5.74) is 0.730. The number of ketones is 1. The number of rotatable bonds is 4. The maximum absolute atomic E-state index is 12.1. The Bertz CT molecular complexity index is 426. The minimum Gasteiger partial charge on any atom is -0.294 e. The average molecular weight is 241 g/mol. The van der Waals surface area contributed by atoms with Gasteiger partial charge in [-0.3, -0.25) is 4.79 Å². The molecule has 1 fully saturated rings. The number of nitriles is 1. The second-order valence-corrected chi connectivity index (χ2v) is 5.13. The van der Waals surface area contributed by atoms with Crippen LogP contribution in [0.15, 0.2) is 30.3 Å². The highest BCUT2D eigenvalue weighted by atomic mass is 16.1. The standard InChI is InChI=1S/C16H19NO/c17-12-15(13-7-3-1-4-8-13)11-16(18)14-9-5-2-6-10-14/h2,5-6,9-10,13,15H,1,3-4,7-8,11H2/t15-/m0/s1. The highest BCUT2D eigenvalue weighted by molar-refractivity contribution is 5.96. The number of nitrogens with zero attached hydrogens (tertiary/aromatic N) is 1. The minimum atomic E-state index is -0.0991. The normalized spacial score (nSPS) is 17.9. The number of benzene rings is 1. The largest absolute Gasteiger partial charge is 0.294 e. The van der Waals surface area contributed by atoms with Gasteiger partial charge in [0.2, 0.25) is 0 Å². The van der Waals surface area contributed by atoms with Crippen molar-refractivity contribution in [3.63, 3.8) is 0 Å². The van der Waals surface area contributed by atoms with Crippen LogP contribution in [0.5, 0.6) is 0 Å². The molecular weight excluding hydrogens is 222 g/mol. The summed E-state index contributed by atoms with van der Waals surface area (Å²) in [6.45, 7) is 0. The molecule has 0 amide bonds. The molecule has 0 spiro atoms. The lowest BCUT2D eigenvalue weighted by atomic mass is 9.78. The van der Waals surface area contributed by atoms with Gasteiger partial charge in [-0.15, -0.1) is 0 Å². The molecule has 1 aliphatic carbocycles. The van der Waals surface area contributed by atoms with Crippen LogP contribution >= 0.6 is 0 Å². The van der Waals surface area contributed by atoms with Crippen LogP contribution in [0.25, 0.3) is 0 Å². The summed E-state index contributed by atoms with van der Waals surface area (Å²) < 4.78 is 0. The van der Waals surface area contributed by atoms with Gasteiger partial charge in [-0.2, -0.15) is 5.26 Å². The number of hydrogen-bond acceptors (Lipinski definition) is 2. The molecule has 1 atom stereocenters. The van der Waals surface area contributed by atoms with Crippen LogP contribution in [0.1, 0.15) is 48.9 Å². The van der Waals surface area contributed by atoms with E-state index in [4.69, 9.17) is 0 Å². The lowest BCUT2D eigenvalue weighted by molar-refractivity contribution is 0.0951. The van der Waals surface area contributed by atoms with E-state index in [0.29, 0.717) is 12.3 Å². The molecule has 0 saturated heterocycles. The van der Waals surface area contributed by atoms with Crippen molar-refractivity contribution in [2.75, 3.05) is 0 Å². The lowest BCUT2D eigenvalue weighted by Gasteiger charge is -2.25. The third-order valence-electron chi connectivity index (χ3n) is 3.89. The Balaban J connectivity index is 1.98. The van der Waals surface area contributed by atoms with Crippen molar-refractivity contribution in [2.24, 2.45) is 11.8 Å². The summed E-state index contributed by atoms with van der Waals surface area (Å²) in [6.07, 6.45) is 6.30. The van der Waals surface area contributed by atoms with Gasteiger partial charge in [-0.1, -0.05) is 49.6 Å². The van der Waals surface area contributed by atoms with Crippen molar-refractivity contribution in [1.82, 2.24) is 0 Å². The van der Waals surface area contributed by atoms with Gasteiger partial charge in [0.1, 0.15) is 0 Å². The molecule has 0 unspecified atom stereocenters. The zero-order chi connectivity index (χ0) is 12.8. The minimum absolute atomic E-state index is 0.0991. The molecule has 0 N–H and O–H groups in total. The average Bonchev–Trinajstić information content (AvgIpc) is 2.46. The van der Waals surface area contributed by atoms with Crippen molar-refractivity contribution in [1.29, 1.82) is 5.26 Å². The summed E-state index contributed by atoms with van der Waals surface area (Å²) >= 11 is 0. The molecule has 0 heterocycles. The first-order chi connectivity index (χ1) is 8.81. The van der Waals surface area contributed by atoms with E-state index in [2.05, 4.69) is 6.07 Å². The Morgan fingerprint density at radius 2 is 1.89 bits per heavy atom. The molecule has 94 valence electrons. The monoisotopic (exact) mass is 241 g/mol. The van der Waals surface area contributed by atoms with E-state index < -0.39 is 0 Å². The Kier molecular flexibility index (Phi) is 4.52. The predicted octanol–water partition coefficient (Wildman–Crippen LogP) is 3.98. The van der Waals surface area contributed by atoms with Crippen molar-refractivity contribution in [3.05, 3.63) is 35.9 Å². The van der Waals surface area contributed by atoms with E-state index in [1.807, 2.05) is 30.3 Å². The van der Waals surface area contributed by atoms with E-state index in [1.54, 1.807) is 0 Å². The maximum Gasteiger partial charge on any atom is 0.164 e. The van der Waals surface area contributed by atoms with Crippen LogP contribution in [-0.4, -0.2) is 5.78 Å². The molecule has 2 rings (SSSR count). The van der Waals surface area contributed by atoms with E-state index in [0.717, 1.165) is 18.4 Å². The third-order valence-corrected chi connectivity index (χ3v) is 3.89. The molecule has 0 radical (unpaired) electrons. The van der Waals surface area contributed by atoms with E-state index in [-0.39, 0.29) is 11.7 Å². The van der Waals surface area contributed by atoms with E-state index in [1.165, 1.54) is 19.3 Å². The molecule has 2 heteroatoms. The Hall–Kier alpha value is -1.62. The number of carbonyl (C=O) groups is 1. The molecule has 1 aromatic rings. The van der Waals surface area contributed by atoms with Gasteiger partial charge in [-0.05, 0) is 18.8 Å². The second-order valence-electron chi connectivity index (χ2n) is 5.13. The van der Waals surface area contributed by atoms with Crippen LogP contribution in [0.4, 0.5) is 0 Å². The lowest BCUT2D eigenvalue weighted by Crippen LogP contribution is -2.19. The van der Waals surface area contributed by atoms with Gasteiger partial charge >= 0.3 is 0 Å². The fraction of sp³-hybridized carbons (Fsp3) is 0.500. The molecule has 1 saturated carbocycles. The fourth-order valence-corrected chi connectivity index (χ4v) is 2.80. The van der Waals surface area contributed by atoms with E-state index in [9.17, 15) is 10.1 Å². The molecule has 1 aromatic carbocycles. The van der Waals surface area contributed by atoms with Crippen molar-refractivity contribution >= 4 is 5.78 Å². The number of Topliss-reactive ketones (excluding diaryl/α,β-unsaturated/α-hetero) is 1. The Morgan fingerprint density at radius 3 is 2.50 bits per heavy atom. The number of hydrogen-bond donors (Lipinski definition) is 0. The summed E-state index contributed by atoms with van der Waals surface area (Å²) in [5.74, 6) is 0.433. The third kappa shape index (κ3) is 3.20. The quantitative estimate of drug-likeness (QED) is 0.748. The summed E-state index contributed by atoms with van der Waals surface area (Å²) in [5, 5.41) is 9.27. The van der Waals surface area contributed by atoms with Gasteiger partial charge in [0.15, 0.2) is 5.78 Å². The molecule has 1 aliphatic rings. The highest BCUT2D eigenvalue weighted by Gasteiger charge is 2.25. The first-order valence-corrected chi connectivity index (χ1v) is 6.79. The van der Waals surface area contributed by atoms with Gasteiger partial charge in [0, 0.05) is 12.0 Å². The van der Waals surface area contributed by atoms with Gasteiger partial charge in [0.25, 0.3) is 0 Å². The summed E-state index contributed by atoms with van der Waals surface area (Å²) in [7, 11) is 0. The van der Waals surface area contributed by atoms with Crippen LogP contribution < -0.4 is 0 Å². The first-order valence-electron chi connectivity index (χ1n) is 6.79. The van der Waals surface area contributed by atoms with Gasteiger partial charge in [0.05, 0.1) is 12.0 Å². The Morgan fingerprint density at radius 1 is 1.22 bits per heavy atom. The molecular formula is C16H19NO. The van der Waals surface area contributed by atoms with Crippen LogP contribution in [0.3, 0.4) is 0 Å². The predicted molar refractivity (Wildman–Crippen MR) is 71.1 cm³/mol. The zero-order valence-corrected chi connectivity index (χ0v) is 10.6. The molecule has 2 nitrogen and oxygen atoms in total. The summed E-state index contributed by atoms with van der Waals surface area (Å²) in [4.78, 5) is 12.1. The second kappa shape index (κ2) is 6.35. The van der Waals surface area contributed by atoms with E-state index >= 15 is 0 Å². The molecule has 0 bridgehead atoms. The first kappa shape index (κ1) is 12.8. The van der Waals surface area contributed by atoms with Crippen molar-refractivity contribution < 1.29 is 4.79 Å². The Labute approximate surface area is 109 Å². The number of carbonyl (C=O) groups excluding carboxylic acids is 1. The zero-order valence-electron chi connectivity index (χ0n) is 10.6. The summed E-state index contributed by atoms with van der Waals surface area (Å²) in [6, 6.07) is 11.7. The fourth-order valence-electron chi connectivity index (χ4n) is 2.80. The smallest absolute Gasteiger partial charge is 0.164 e. The maximum atomic E-state index is 12.1. The van der Waals surface area contributed by atoms with Gasteiger partial charge in [-0.25, -0.2) is 0 Å².